The predicted octanol–water partition coefficient (Wildman–Crippen LogP) is 4.30. The van der Waals surface area contributed by atoms with Crippen molar-refractivity contribution in [2.24, 2.45) is 0 Å². The van der Waals surface area contributed by atoms with Gasteiger partial charge in [-0.15, -0.1) is 0 Å². The first-order valence-electron chi connectivity index (χ1n) is 6.32. The summed E-state index contributed by atoms with van der Waals surface area (Å²) in [6.07, 6.45) is 3.64. The monoisotopic (exact) mass is 299 g/mol. The Labute approximate surface area is 113 Å². The molecule has 0 spiro atoms. The highest BCUT2D eigenvalue weighted by Gasteiger charge is 2.12. The van der Waals surface area contributed by atoms with Crippen LogP contribution in [0.5, 0.6) is 5.75 Å². The van der Waals surface area contributed by atoms with Gasteiger partial charge >= 0.3 is 0 Å². The molecule has 1 unspecified atom stereocenters. The number of hydrogen-bond donors (Lipinski definition) is 1. The average Bonchev–Trinajstić information content (AvgIpc) is 2.32. The van der Waals surface area contributed by atoms with E-state index in [1.807, 2.05) is 20.0 Å². The van der Waals surface area contributed by atoms with Gasteiger partial charge < -0.3 is 10.1 Å². The molecule has 0 fully saturated rings. The molecule has 0 aromatic heterocycles. The van der Waals surface area contributed by atoms with E-state index in [1.165, 1.54) is 24.8 Å². The first kappa shape index (κ1) is 14.5. The summed E-state index contributed by atoms with van der Waals surface area (Å²) in [4.78, 5) is 0. The maximum absolute atomic E-state index is 5.49. The highest BCUT2D eigenvalue weighted by molar-refractivity contribution is 9.10. The molecule has 3 heteroatoms. The van der Waals surface area contributed by atoms with Crippen molar-refractivity contribution in [2.45, 2.75) is 39.2 Å². The Morgan fingerprint density at radius 3 is 2.65 bits per heavy atom. The van der Waals surface area contributed by atoms with Crippen molar-refractivity contribution >= 4 is 15.9 Å². The molecule has 0 aliphatic heterocycles. The number of rotatable bonds is 7. The Hall–Kier alpha value is -0.540. The smallest absolute Gasteiger partial charge is 0.120 e. The van der Waals surface area contributed by atoms with E-state index in [0.717, 1.165) is 10.2 Å². The van der Waals surface area contributed by atoms with Crippen LogP contribution in [0.4, 0.5) is 0 Å². The van der Waals surface area contributed by atoms with Gasteiger partial charge in [-0.3, -0.25) is 0 Å². The Morgan fingerprint density at radius 2 is 2.12 bits per heavy atom. The topological polar surface area (TPSA) is 21.3 Å². The van der Waals surface area contributed by atoms with Crippen LogP contribution in [-0.4, -0.2) is 13.7 Å². The van der Waals surface area contributed by atoms with Crippen LogP contribution in [0.1, 0.15) is 44.7 Å². The van der Waals surface area contributed by atoms with Crippen LogP contribution in [0.15, 0.2) is 22.7 Å². The molecule has 0 heterocycles. The van der Waals surface area contributed by atoms with Crippen LogP contribution in [-0.2, 0) is 0 Å². The van der Waals surface area contributed by atoms with E-state index < -0.39 is 0 Å². The molecule has 0 aliphatic carbocycles. The summed E-state index contributed by atoms with van der Waals surface area (Å²) in [6, 6.07) is 6.65. The zero-order chi connectivity index (χ0) is 12.7. The van der Waals surface area contributed by atoms with E-state index >= 15 is 0 Å². The van der Waals surface area contributed by atoms with Gasteiger partial charge in [0.2, 0.25) is 0 Å². The highest BCUT2D eigenvalue weighted by Crippen LogP contribution is 2.30. The summed E-state index contributed by atoms with van der Waals surface area (Å²) < 4.78 is 6.61. The summed E-state index contributed by atoms with van der Waals surface area (Å²) in [5.74, 6) is 0.925. The van der Waals surface area contributed by atoms with Gasteiger partial charge in [0.15, 0.2) is 0 Å². The molecular weight excluding hydrogens is 278 g/mol. The Kier molecular flexibility index (Phi) is 6.60. The van der Waals surface area contributed by atoms with Gasteiger partial charge in [-0.1, -0.05) is 41.8 Å². The molecule has 0 saturated carbocycles. The lowest BCUT2D eigenvalue weighted by Crippen LogP contribution is -2.16. The van der Waals surface area contributed by atoms with Crippen LogP contribution in [0, 0.1) is 0 Å². The summed E-state index contributed by atoms with van der Waals surface area (Å²) in [5, 5.41) is 3.37. The van der Waals surface area contributed by atoms with Gasteiger partial charge in [-0.05, 0) is 38.1 Å². The molecule has 0 amide bonds. The van der Waals surface area contributed by atoms with Gasteiger partial charge in [0.05, 0.1) is 6.61 Å². The first-order valence-corrected chi connectivity index (χ1v) is 7.11. The molecule has 0 aliphatic rings. The van der Waals surface area contributed by atoms with Crippen LogP contribution in [0.3, 0.4) is 0 Å². The second-order valence-electron chi connectivity index (χ2n) is 4.10. The van der Waals surface area contributed by atoms with Gasteiger partial charge in [0.1, 0.15) is 5.75 Å². The average molecular weight is 300 g/mol. The van der Waals surface area contributed by atoms with E-state index in [1.54, 1.807) is 0 Å². The van der Waals surface area contributed by atoms with E-state index in [4.69, 9.17) is 4.74 Å². The minimum absolute atomic E-state index is 0.417. The number of benzene rings is 1. The normalized spacial score (nSPS) is 12.5. The molecule has 0 bridgehead atoms. The van der Waals surface area contributed by atoms with Crippen LogP contribution < -0.4 is 10.1 Å². The number of hydrogen-bond acceptors (Lipinski definition) is 2. The molecule has 2 nitrogen and oxygen atoms in total. The minimum Gasteiger partial charge on any atom is -0.494 e. The molecule has 1 aromatic rings. The van der Waals surface area contributed by atoms with Crippen molar-refractivity contribution in [3.8, 4) is 5.75 Å². The third-order valence-electron chi connectivity index (χ3n) is 2.85. The number of nitrogens with one attached hydrogen (secondary N) is 1. The molecule has 96 valence electrons. The van der Waals surface area contributed by atoms with Gasteiger partial charge in [0.25, 0.3) is 0 Å². The zero-order valence-electron chi connectivity index (χ0n) is 10.9. The second kappa shape index (κ2) is 7.72. The Morgan fingerprint density at radius 1 is 1.35 bits per heavy atom. The minimum atomic E-state index is 0.417. The summed E-state index contributed by atoms with van der Waals surface area (Å²) in [7, 11) is 2.02. The maximum atomic E-state index is 5.49. The molecule has 1 N–H and O–H groups in total. The van der Waals surface area contributed by atoms with Crippen molar-refractivity contribution in [1.82, 2.24) is 5.32 Å². The number of ether oxygens (including phenoxy) is 1. The fourth-order valence-electron chi connectivity index (χ4n) is 1.91. The zero-order valence-corrected chi connectivity index (χ0v) is 12.5. The SMILES string of the molecule is CCCCC(NC)c1ccc(OCC)cc1Br. The van der Waals surface area contributed by atoms with Crippen LogP contribution >= 0.6 is 15.9 Å². The van der Waals surface area contributed by atoms with E-state index in [9.17, 15) is 0 Å². The lowest BCUT2D eigenvalue weighted by Gasteiger charge is -2.18. The highest BCUT2D eigenvalue weighted by atomic mass is 79.9. The quantitative estimate of drug-likeness (QED) is 0.810. The molecule has 1 rings (SSSR count). The summed E-state index contributed by atoms with van der Waals surface area (Å²) in [5.41, 5.74) is 1.31. The largest absolute Gasteiger partial charge is 0.494 e. The second-order valence-corrected chi connectivity index (χ2v) is 4.95. The molecule has 0 radical (unpaired) electrons. The van der Waals surface area contributed by atoms with Gasteiger partial charge in [-0.25, -0.2) is 0 Å². The maximum Gasteiger partial charge on any atom is 0.120 e. The standard InChI is InChI=1S/C14H22BrNO/c1-4-6-7-14(16-3)12-9-8-11(17-5-2)10-13(12)15/h8-10,14,16H,4-7H2,1-3H3. The molecule has 0 saturated heterocycles. The number of halogens is 1. The first-order chi connectivity index (χ1) is 8.22. The van der Waals surface area contributed by atoms with E-state index in [2.05, 4.69) is 40.3 Å². The van der Waals surface area contributed by atoms with Crippen molar-refractivity contribution in [3.63, 3.8) is 0 Å². The summed E-state index contributed by atoms with van der Waals surface area (Å²) >= 11 is 3.63. The summed E-state index contributed by atoms with van der Waals surface area (Å²) in [6.45, 7) is 4.93. The third-order valence-corrected chi connectivity index (χ3v) is 3.54. The number of unbranched alkanes of at least 4 members (excludes halogenated alkanes) is 1. The predicted molar refractivity (Wildman–Crippen MR) is 76.6 cm³/mol. The van der Waals surface area contributed by atoms with Crippen molar-refractivity contribution in [1.29, 1.82) is 0 Å². The molecular formula is C14H22BrNO. The molecule has 17 heavy (non-hydrogen) atoms. The lowest BCUT2D eigenvalue weighted by molar-refractivity contribution is 0.339. The molecule has 1 atom stereocenters. The van der Waals surface area contributed by atoms with Gasteiger partial charge in [-0.2, -0.15) is 0 Å². The van der Waals surface area contributed by atoms with E-state index in [0.29, 0.717) is 12.6 Å². The Bertz CT molecular complexity index is 341. The fraction of sp³-hybridized carbons (Fsp3) is 0.571. The van der Waals surface area contributed by atoms with Crippen LogP contribution in [0.25, 0.3) is 0 Å². The third kappa shape index (κ3) is 4.32. The van der Waals surface area contributed by atoms with Gasteiger partial charge in [0, 0.05) is 10.5 Å². The van der Waals surface area contributed by atoms with E-state index in [-0.39, 0.29) is 0 Å². The molecule has 1 aromatic carbocycles. The van der Waals surface area contributed by atoms with Crippen molar-refractivity contribution < 1.29 is 4.74 Å². The fourth-order valence-corrected chi connectivity index (χ4v) is 2.54. The van der Waals surface area contributed by atoms with Crippen LogP contribution in [0.2, 0.25) is 0 Å². The lowest BCUT2D eigenvalue weighted by atomic mass is 10.0. The van der Waals surface area contributed by atoms with Crippen molar-refractivity contribution in [2.75, 3.05) is 13.7 Å². The Balaban J connectivity index is 2.81. The van der Waals surface area contributed by atoms with Crippen molar-refractivity contribution in [3.05, 3.63) is 28.2 Å².